The minimum Gasteiger partial charge on any atom is -0.381 e. The lowest BCUT2D eigenvalue weighted by Gasteiger charge is -2.47. The second-order valence-electron chi connectivity index (χ2n) is 5.22. The lowest BCUT2D eigenvalue weighted by molar-refractivity contribution is 0.0443. The first kappa shape index (κ1) is 12.1. The number of hydrogen-bond acceptors (Lipinski definition) is 3. The molecule has 0 saturated carbocycles. The fraction of sp³-hybridized carbons (Fsp3) is 0.615. The molecule has 2 fully saturated rings. The van der Waals surface area contributed by atoms with Crippen molar-refractivity contribution in [3.05, 3.63) is 24.0 Å². The molecule has 1 aromatic rings. The van der Waals surface area contributed by atoms with Crippen molar-refractivity contribution in [3.8, 4) is 0 Å². The Kier molecular flexibility index (Phi) is 2.90. The number of methoxy groups -OCH3 is 1. The molecule has 5 heteroatoms. The summed E-state index contributed by atoms with van der Waals surface area (Å²) < 4.78 is 7.55. The summed E-state index contributed by atoms with van der Waals surface area (Å²) in [6, 6.07) is 3.79. The molecular weight excluding hydrogens is 248 g/mol. The predicted octanol–water partition coefficient (Wildman–Crippen LogP) is 1.37. The van der Waals surface area contributed by atoms with E-state index in [0.29, 0.717) is 6.10 Å². The van der Waals surface area contributed by atoms with Crippen LogP contribution in [-0.4, -0.2) is 52.2 Å². The molecule has 3 rings (SSSR count). The molecule has 4 nitrogen and oxygen atoms in total. The minimum atomic E-state index is 0.148. The maximum Gasteiger partial charge on any atom is 0.270 e. The van der Waals surface area contributed by atoms with Crippen LogP contribution in [0.1, 0.15) is 16.9 Å². The lowest BCUT2D eigenvalue weighted by Crippen LogP contribution is -2.61. The first-order valence-electron chi connectivity index (χ1n) is 6.21. The topological polar surface area (TPSA) is 34.5 Å². The number of nitrogens with zero attached hydrogens (tertiary/aromatic N) is 2. The lowest BCUT2D eigenvalue weighted by atomic mass is 9.92. The number of carbonyl (C=O) groups excluding carboxylic acids is 1. The van der Waals surface area contributed by atoms with Gasteiger partial charge in [-0.1, -0.05) is 0 Å². The Labute approximate surface area is 111 Å². The molecule has 1 spiro atoms. The molecular formula is C13H18N2O2S. The Morgan fingerprint density at radius 2 is 2.33 bits per heavy atom. The van der Waals surface area contributed by atoms with Gasteiger partial charge in [-0.25, -0.2) is 0 Å². The van der Waals surface area contributed by atoms with Crippen LogP contribution in [0, 0.1) is 0 Å². The maximum atomic E-state index is 12.3. The predicted molar refractivity (Wildman–Crippen MR) is 71.9 cm³/mol. The van der Waals surface area contributed by atoms with E-state index in [4.69, 9.17) is 4.74 Å². The average molecular weight is 266 g/mol. The van der Waals surface area contributed by atoms with Crippen LogP contribution in [0.15, 0.2) is 18.3 Å². The molecule has 0 N–H and O–H groups in total. The zero-order valence-electron chi connectivity index (χ0n) is 10.8. The standard InChI is InChI=1S/C13H18N2O2S/c1-14-5-3-4-11(14)12(16)15-8-13(9-15)6-10(17-2)7-18-13/h3-5,10H,6-9H2,1-2H3. The van der Waals surface area contributed by atoms with Gasteiger partial charge in [0.1, 0.15) is 5.69 Å². The number of likely N-dealkylation sites (tertiary alicyclic amines) is 1. The molecule has 18 heavy (non-hydrogen) atoms. The number of thioether (sulfide) groups is 1. The smallest absolute Gasteiger partial charge is 0.270 e. The highest BCUT2D eigenvalue weighted by atomic mass is 32.2. The van der Waals surface area contributed by atoms with E-state index in [0.717, 1.165) is 31.0 Å². The third-order valence-electron chi connectivity index (χ3n) is 3.92. The molecule has 1 aromatic heterocycles. The molecule has 1 unspecified atom stereocenters. The van der Waals surface area contributed by atoms with E-state index in [1.165, 1.54) is 0 Å². The number of aromatic nitrogens is 1. The minimum absolute atomic E-state index is 0.148. The van der Waals surface area contributed by atoms with Gasteiger partial charge < -0.3 is 14.2 Å². The largest absolute Gasteiger partial charge is 0.381 e. The Morgan fingerprint density at radius 1 is 1.56 bits per heavy atom. The van der Waals surface area contributed by atoms with Gasteiger partial charge in [-0.15, -0.1) is 11.8 Å². The second-order valence-corrected chi connectivity index (χ2v) is 6.71. The van der Waals surface area contributed by atoms with Crippen molar-refractivity contribution < 1.29 is 9.53 Å². The number of aryl methyl sites for hydroxylation is 1. The van der Waals surface area contributed by atoms with Gasteiger partial charge in [0.2, 0.25) is 0 Å². The first-order valence-corrected chi connectivity index (χ1v) is 7.19. The molecule has 0 aliphatic carbocycles. The average Bonchev–Trinajstić information content (AvgIpc) is 2.92. The van der Waals surface area contributed by atoms with E-state index in [-0.39, 0.29) is 10.7 Å². The molecule has 3 heterocycles. The van der Waals surface area contributed by atoms with Crippen molar-refractivity contribution >= 4 is 17.7 Å². The fourth-order valence-corrected chi connectivity index (χ4v) is 4.40. The fourth-order valence-electron chi connectivity index (χ4n) is 2.81. The highest BCUT2D eigenvalue weighted by Gasteiger charge is 2.50. The van der Waals surface area contributed by atoms with Crippen LogP contribution in [0.3, 0.4) is 0 Å². The Hall–Kier alpha value is -0.940. The summed E-state index contributed by atoms with van der Waals surface area (Å²) in [4.78, 5) is 14.2. The molecule has 0 radical (unpaired) electrons. The SMILES string of the molecule is COC1CSC2(C1)CN(C(=O)c1cccn1C)C2. The van der Waals surface area contributed by atoms with Crippen LogP contribution in [0.25, 0.3) is 0 Å². The van der Waals surface area contributed by atoms with Gasteiger partial charge in [0.05, 0.1) is 10.9 Å². The van der Waals surface area contributed by atoms with E-state index >= 15 is 0 Å². The normalized spacial score (nSPS) is 25.4. The van der Waals surface area contributed by atoms with Gasteiger partial charge in [0.15, 0.2) is 0 Å². The van der Waals surface area contributed by atoms with Gasteiger partial charge >= 0.3 is 0 Å². The van der Waals surface area contributed by atoms with Gasteiger partial charge in [0.25, 0.3) is 5.91 Å². The monoisotopic (exact) mass is 266 g/mol. The van der Waals surface area contributed by atoms with Gasteiger partial charge in [-0.3, -0.25) is 4.79 Å². The first-order chi connectivity index (χ1) is 8.63. The second kappa shape index (κ2) is 4.31. The Bertz CT molecular complexity index is 465. The molecule has 2 saturated heterocycles. The molecule has 0 bridgehead atoms. The van der Waals surface area contributed by atoms with Gasteiger partial charge in [-0.2, -0.15) is 0 Å². The van der Waals surface area contributed by atoms with Crippen LogP contribution >= 0.6 is 11.8 Å². The summed E-state index contributed by atoms with van der Waals surface area (Å²) in [6.07, 6.45) is 3.35. The quantitative estimate of drug-likeness (QED) is 0.811. The summed E-state index contributed by atoms with van der Waals surface area (Å²) in [5.41, 5.74) is 0.774. The van der Waals surface area contributed by atoms with E-state index < -0.39 is 0 Å². The summed E-state index contributed by atoms with van der Waals surface area (Å²) in [7, 11) is 3.68. The molecule has 0 aromatic carbocycles. The number of rotatable bonds is 2. The van der Waals surface area contributed by atoms with Crippen molar-refractivity contribution in [1.82, 2.24) is 9.47 Å². The molecule has 2 aliphatic rings. The third kappa shape index (κ3) is 1.86. The van der Waals surface area contributed by atoms with E-state index in [1.807, 2.05) is 46.6 Å². The summed E-state index contributed by atoms with van der Waals surface area (Å²) in [5.74, 6) is 1.21. The van der Waals surface area contributed by atoms with Crippen molar-refractivity contribution in [2.75, 3.05) is 26.0 Å². The van der Waals surface area contributed by atoms with E-state index in [9.17, 15) is 4.79 Å². The zero-order chi connectivity index (χ0) is 12.8. The Balaban J connectivity index is 1.63. The molecule has 98 valence electrons. The van der Waals surface area contributed by atoms with Crippen molar-refractivity contribution in [1.29, 1.82) is 0 Å². The molecule has 1 amide bonds. The summed E-state index contributed by atoms with van der Waals surface area (Å²) >= 11 is 1.96. The van der Waals surface area contributed by atoms with Crippen molar-refractivity contribution in [2.45, 2.75) is 17.3 Å². The zero-order valence-corrected chi connectivity index (χ0v) is 11.6. The molecule has 1 atom stereocenters. The van der Waals surface area contributed by atoms with Crippen LogP contribution in [-0.2, 0) is 11.8 Å². The summed E-state index contributed by atoms with van der Waals surface area (Å²) in [5, 5.41) is 0. The number of hydrogen-bond donors (Lipinski definition) is 0. The van der Waals surface area contributed by atoms with E-state index in [2.05, 4.69) is 0 Å². The van der Waals surface area contributed by atoms with Crippen LogP contribution in [0.2, 0.25) is 0 Å². The Morgan fingerprint density at radius 3 is 2.89 bits per heavy atom. The van der Waals surface area contributed by atoms with Crippen molar-refractivity contribution in [2.24, 2.45) is 7.05 Å². The highest BCUT2D eigenvalue weighted by Crippen LogP contribution is 2.46. The van der Waals surface area contributed by atoms with Gasteiger partial charge in [0, 0.05) is 39.2 Å². The van der Waals surface area contributed by atoms with Crippen LogP contribution in [0.5, 0.6) is 0 Å². The van der Waals surface area contributed by atoms with E-state index in [1.54, 1.807) is 7.11 Å². The summed E-state index contributed by atoms with van der Waals surface area (Å²) in [6.45, 7) is 1.73. The number of amides is 1. The third-order valence-corrected chi connectivity index (χ3v) is 5.49. The van der Waals surface area contributed by atoms with Gasteiger partial charge in [-0.05, 0) is 18.6 Å². The highest BCUT2D eigenvalue weighted by molar-refractivity contribution is 8.01. The van der Waals surface area contributed by atoms with Crippen LogP contribution < -0.4 is 0 Å². The van der Waals surface area contributed by atoms with Crippen LogP contribution in [0.4, 0.5) is 0 Å². The number of carbonyl (C=O) groups is 1. The number of ether oxygens (including phenoxy) is 1. The van der Waals surface area contributed by atoms with Crippen molar-refractivity contribution in [3.63, 3.8) is 0 Å². The maximum absolute atomic E-state index is 12.3. The molecule has 2 aliphatic heterocycles.